The molecule has 1 aliphatic heterocycles. The molecule has 0 N–H and O–H groups in total. The van der Waals surface area contributed by atoms with Crippen LogP contribution in [0.25, 0.3) is 11.4 Å². The van der Waals surface area contributed by atoms with E-state index in [9.17, 15) is 4.79 Å². The Bertz CT molecular complexity index is 1250. The third-order valence-corrected chi connectivity index (χ3v) is 7.31. The molecule has 1 aromatic carbocycles. The van der Waals surface area contributed by atoms with Crippen molar-refractivity contribution < 1.29 is 13.9 Å². The first-order valence-electron chi connectivity index (χ1n) is 10.8. The number of nitrogens with zero attached hydrogens (tertiary/aromatic N) is 5. The number of carbonyl (C=O) groups is 1. The monoisotopic (exact) mass is 493 g/mol. The summed E-state index contributed by atoms with van der Waals surface area (Å²) in [6.45, 7) is 1.10. The van der Waals surface area contributed by atoms with Gasteiger partial charge in [-0.05, 0) is 23.6 Å². The van der Waals surface area contributed by atoms with Crippen molar-refractivity contribution in [2.75, 3.05) is 19.5 Å². The molecule has 4 aromatic rings. The molecule has 0 radical (unpaired) electrons. The van der Waals surface area contributed by atoms with Crippen molar-refractivity contribution in [1.29, 1.82) is 0 Å². The van der Waals surface area contributed by atoms with Crippen LogP contribution in [-0.4, -0.2) is 50.9 Å². The summed E-state index contributed by atoms with van der Waals surface area (Å²) in [5.74, 6) is 1.54. The van der Waals surface area contributed by atoms with E-state index < -0.39 is 0 Å². The highest BCUT2D eigenvalue weighted by Crippen LogP contribution is 2.35. The van der Waals surface area contributed by atoms with E-state index in [4.69, 9.17) is 9.15 Å². The van der Waals surface area contributed by atoms with Crippen LogP contribution in [0, 0.1) is 0 Å². The van der Waals surface area contributed by atoms with Crippen LogP contribution in [0.2, 0.25) is 0 Å². The van der Waals surface area contributed by atoms with Gasteiger partial charge in [0.05, 0.1) is 35.8 Å². The number of hydrazone groups is 1. The minimum absolute atomic E-state index is 0.111. The van der Waals surface area contributed by atoms with Gasteiger partial charge in [-0.1, -0.05) is 48.2 Å². The van der Waals surface area contributed by atoms with Crippen molar-refractivity contribution in [3.8, 4) is 11.4 Å². The Hall–Kier alpha value is -3.21. The van der Waals surface area contributed by atoms with Gasteiger partial charge in [-0.2, -0.15) is 5.10 Å². The molecular weight excluding hydrogens is 470 g/mol. The molecule has 0 aliphatic carbocycles. The normalized spacial score (nSPS) is 15.6. The minimum Gasteiger partial charge on any atom is -0.467 e. The Morgan fingerprint density at radius 2 is 2.06 bits per heavy atom. The molecule has 10 heteroatoms. The van der Waals surface area contributed by atoms with Crippen molar-refractivity contribution in [2.24, 2.45) is 5.10 Å². The van der Waals surface area contributed by atoms with Crippen LogP contribution in [0.3, 0.4) is 0 Å². The van der Waals surface area contributed by atoms with Gasteiger partial charge in [0, 0.05) is 19.1 Å². The quantitative estimate of drug-likeness (QED) is 0.314. The number of methoxy groups -OCH3 is 1. The lowest BCUT2D eigenvalue weighted by Gasteiger charge is -2.19. The summed E-state index contributed by atoms with van der Waals surface area (Å²) in [6.07, 6.45) is 2.24. The minimum atomic E-state index is -0.258. The Labute approximate surface area is 205 Å². The van der Waals surface area contributed by atoms with Gasteiger partial charge < -0.3 is 9.15 Å². The highest BCUT2D eigenvalue weighted by molar-refractivity contribution is 7.99. The first-order valence-corrected chi connectivity index (χ1v) is 12.7. The summed E-state index contributed by atoms with van der Waals surface area (Å²) < 4.78 is 12.9. The fraction of sp³-hybridized carbons (Fsp3) is 0.250. The summed E-state index contributed by atoms with van der Waals surface area (Å²) in [5.41, 5.74) is 1.86. The second-order valence-corrected chi connectivity index (χ2v) is 9.49. The maximum Gasteiger partial charge on any atom is 0.253 e. The number of thioether (sulfide) groups is 1. The molecule has 1 atom stereocenters. The van der Waals surface area contributed by atoms with Crippen molar-refractivity contribution in [2.45, 2.75) is 24.2 Å². The predicted octanol–water partition coefficient (Wildman–Crippen LogP) is 4.72. The third-order valence-electron chi connectivity index (χ3n) is 5.44. The lowest BCUT2D eigenvalue weighted by atomic mass is 10.1. The summed E-state index contributed by atoms with van der Waals surface area (Å²) >= 11 is 2.97. The molecule has 1 aliphatic rings. The maximum atomic E-state index is 13.3. The molecule has 5 rings (SSSR count). The summed E-state index contributed by atoms with van der Waals surface area (Å²) in [6, 6.07) is 17.3. The van der Waals surface area contributed by atoms with Gasteiger partial charge in [-0.15, -0.1) is 21.5 Å². The summed E-state index contributed by atoms with van der Waals surface area (Å²) in [4.78, 5) is 14.4. The second-order valence-electron chi connectivity index (χ2n) is 7.60. The number of rotatable bonds is 9. The second kappa shape index (κ2) is 10.4. The van der Waals surface area contributed by atoms with Gasteiger partial charge >= 0.3 is 0 Å². The van der Waals surface area contributed by atoms with Crippen molar-refractivity contribution in [3.63, 3.8) is 0 Å². The molecule has 0 bridgehead atoms. The highest BCUT2D eigenvalue weighted by atomic mass is 32.2. The molecule has 0 saturated heterocycles. The Balaban J connectivity index is 1.36. The lowest BCUT2D eigenvalue weighted by molar-refractivity contribution is -0.130. The Morgan fingerprint density at radius 1 is 1.18 bits per heavy atom. The van der Waals surface area contributed by atoms with Crippen LogP contribution in [-0.2, 0) is 16.1 Å². The third kappa shape index (κ3) is 4.70. The van der Waals surface area contributed by atoms with Crippen LogP contribution >= 0.6 is 23.1 Å². The molecule has 0 spiro atoms. The molecule has 0 saturated carbocycles. The first-order chi connectivity index (χ1) is 16.7. The van der Waals surface area contributed by atoms with E-state index in [2.05, 4.69) is 15.3 Å². The SMILES string of the molecule is COCCn1c(SCC(=O)N2N=C(c3cccs3)CC2c2ccco2)nnc1-c1ccccc1. The number of amides is 1. The van der Waals surface area contributed by atoms with Crippen LogP contribution in [0.5, 0.6) is 0 Å². The number of benzene rings is 1. The highest BCUT2D eigenvalue weighted by Gasteiger charge is 2.35. The number of thiophene rings is 1. The molecule has 174 valence electrons. The molecule has 4 heterocycles. The van der Waals surface area contributed by atoms with Crippen LogP contribution in [0.15, 0.2) is 80.9 Å². The van der Waals surface area contributed by atoms with Gasteiger partial charge in [0.25, 0.3) is 5.91 Å². The molecule has 1 amide bonds. The molecule has 1 unspecified atom stereocenters. The molecule has 8 nitrogen and oxygen atoms in total. The van der Waals surface area contributed by atoms with E-state index >= 15 is 0 Å². The van der Waals surface area contributed by atoms with Crippen LogP contribution in [0.4, 0.5) is 0 Å². The number of carbonyl (C=O) groups excluding carboxylic acids is 1. The van der Waals surface area contributed by atoms with E-state index in [1.54, 1.807) is 29.7 Å². The van der Waals surface area contributed by atoms with E-state index in [-0.39, 0.29) is 17.7 Å². The number of ether oxygens (including phenoxy) is 1. The van der Waals surface area contributed by atoms with Crippen molar-refractivity contribution >= 4 is 34.7 Å². The predicted molar refractivity (Wildman–Crippen MR) is 132 cm³/mol. The fourth-order valence-corrected chi connectivity index (χ4v) is 5.35. The van der Waals surface area contributed by atoms with E-state index in [1.807, 2.05) is 64.5 Å². The summed E-state index contributed by atoms with van der Waals surface area (Å²) in [5, 5.41) is 17.7. The largest absolute Gasteiger partial charge is 0.467 e. The van der Waals surface area contributed by atoms with Crippen LogP contribution in [0.1, 0.15) is 23.1 Å². The average molecular weight is 494 g/mol. The number of aromatic nitrogens is 3. The number of furan rings is 1. The zero-order chi connectivity index (χ0) is 23.3. The Kier molecular flexibility index (Phi) is 6.89. The van der Waals surface area contributed by atoms with Gasteiger partial charge in [-0.25, -0.2) is 5.01 Å². The van der Waals surface area contributed by atoms with Gasteiger partial charge in [0.1, 0.15) is 11.8 Å². The molecular formula is C24H23N5O3S2. The average Bonchev–Trinajstić information content (AvgIpc) is 3.68. The standard InChI is InChI=1S/C24H23N5O3S2/c1-31-13-11-28-23(17-7-3-2-4-8-17)25-26-24(28)34-16-22(30)29-19(20-9-5-12-32-20)15-18(27-29)21-10-6-14-33-21/h2-10,12,14,19H,11,13,15-16H2,1H3. The van der Waals surface area contributed by atoms with Gasteiger partial charge in [0.2, 0.25) is 0 Å². The first kappa shape index (κ1) is 22.6. The molecule has 0 fully saturated rings. The van der Waals surface area contributed by atoms with Crippen LogP contribution < -0.4 is 0 Å². The van der Waals surface area contributed by atoms with E-state index in [1.165, 1.54) is 11.8 Å². The van der Waals surface area contributed by atoms with Gasteiger partial charge in [-0.3, -0.25) is 9.36 Å². The topological polar surface area (TPSA) is 85.8 Å². The Morgan fingerprint density at radius 3 is 2.79 bits per heavy atom. The fourth-order valence-electron chi connectivity index (χ4n) is 3.81. The van der Waals surface area contributed by atoms with E-state index in [0.717, 1.165) is 27.7 Å². The van der Waals surface area contributed by atoms with Crippen molar-refractivity contribution in [1.82, 2.24) is 19.8 Å². The number of hydrogen-bond acceptors (Lipinski definition) is 8. The smallest absolute Gasteiger partial charge is 0.253 e. The molecule has 3 aromatic heterocycles. The zero-order valence-corrected chi connectivity index (χ0v) is 20.2. The van der Waals surface area contributed by atoms with E-state index in [0.29, 0.717) is 24.7 Å². The van der Waals surface area contributed by atoms with Gasteiger partial charge in [0.15, 0.2) is 11.0 Å². The lowest BCUT2D eigenvalue weighted by Crippen LogP contribution is -2.28. The number of hydrogen-bond donors (Lipinski definition) is 0. The summed E-state index contributed by atoms with van der Waals surface area (Å²) in [7, 11) is 1.66. The van der Waals surface area contributed by atoms with Crippen molar-refractivity contribution in [3.05, 3.63) is 76.9 Å². The maximum absolute atomic E-state index is 13.3. The molecule has 34 heavy (non-hydrogen) atoms. The zero-order valence-electron chi connectivity index (χ0n) is 18.5.